The minimum atomic E-state index is -2.17. The molecule has 0 spiro atoms. The Hall–Kier alpha value is -2.46. The molecule has 24 heavy (non-hydrogen) atoms. The number of carbonyl (C=O) groups is 4. The van der Waals surface area contributed by atoms with Crippen molar-refractivity contribution in [2.75, 3.05) is 26.7 Å². The maximum atomic E-state index is 10.5. The van der Waals surface area contributed by atoms with Gasteiger partial charge in [-0.2, -0.15) is 0 Å². The Balaban J connectivity index is -0.0000000628. The van der Waals surface area contributed by atoms with Gasteiger partial charge in [0.05, 0.1) is 0 Å². The zero-order chi connectivity index (χ0) is 20.7. The van der Waals surface area contributed by atoms with Gasteiger partial charge in [-0.1, -0.05) is 0 Å². The van der Waals surface area contributed by atoms with E-state index in [0.717, 1.165) is 0 Å². The molecule has 144 valence electrons. The Morgan fingerprint density at radius 3 is 0.583 bits per heavy atom. The summed E-state index contributed by atoms with van der Waals surface area (Å²) in [6.07, 6.45) is 0. The number of aliphatic carboxylic acids is 4. The van der Waals surface area contributed by atoms with Crippen LogP contribution in [0.15, 0.2) is 0 Å². The molecule has 0 aromatic rings. The first-order chi connectivity index (χ1) is 10.8. The van der Waals surface area contributed by atoms with E-state index in [1.807, 2.05) is 0 Å². The average molecular weight is 374 g/mol. The molecule has 0 fully saturated rings. The van der Waals surface area contributed by atoms with Gasteiger partial charge in [0.1, 0.15) is 0 Å². The van der Waals surface area contributed by atoms with Crippen LogP contribution in [0.5, 0.6) is 0 Å². The van der Waals surface area contributed by atoms with Crippen LogP contribution in [0, 0.1) is 0 Å². The highest BCUT2D eigenvalue weighted by molar-refractivity contribution is 6.30. The third-order valence-corrected chi connectivity index (χ3v) is 0.457. The molecule has 0 bridgehead atoms. The van der Waals surface area contributed by atoms with Crippen LogP contribution in [0.1, 0.15) is 0 Å². The molecule has 0 aliphatic rings. The molecular formula is C8H15BF4O11. The van der Waals surface area contributed by atoms with Gasteiger partial charge in [-0.25, -0.2) is 36.7 Å². The normalized spacial score (nSPS) is 7.29. The van der Waals surface area contributed by atoms with Gasteiger partial charge in [0.15, 0.2) is 26.7 Å². The van der Waals surface area contributed by atoms with E-state index in [1.54, 1.807) is 0 Å². The summed E-state index contributed by atoms with van der Waals surface area (Å²) >= 11 is 0. The first-order valence-electron chi connectivity index (χ1n) is 4.97. The summed E-state index contributed by atoms with van der Waals surface area (Å²) in [7, 11) is -2.17. The maximum absolute atomic E-state index is 10.5. The Morgan fingerprint density at radius 1 is 0.542 bits per heavy atom. The molecule has 7 N–H and O–H groups in total. The van der Waals surface area contributed by atoms with Crippen LogP contribution in [0.25, 0.3) is 0 Å². The van der Waals surface area contributed by atoms with E-state index in [9.17, 15) is 17.6 Å². The highest BCUT2D eigenvalue weighted by Gasteiger charge is 1.92. The standard InChI is InChI=1S/4C2H3FO2.BH3O3/c4*3-1-2(4)5;2-1(3)4/h4*1H2,(H,4,5);2-4H. The number of rotatable bonds is 4. The summed E-state index contributed by atoms with van der Waals surface area (Å²) in [5, 5.41) is 50.9. The molecule has 0 aromatic carbocycles. The minimum Gasteiger partial charge on any atom is -0.479 e. The molecule has 0 aliphatic heterocycles. The second kappa shape index (κ2) is 28.7. The molecule has 11 nitrogen and oxygen atoms in total. The van der Waals surface area contributed by atoms with Crippen LogP contribution < -0.4 is 0 Å². The van der Waals surface area contributed by atoms with Gasteiger partial charge in [0, 0.05) is 0 Å². The molecule has 0 unspecified atom stereocenters. The van der Waals surface area contributed by atoms with Crippen molar-refractivity contribution in [1.29, 1.82) is 0 Å². The second-order valence-corrected chi connectivity index (χ2v) is 2.46. The number of carboxylic acid groups (broad SMARTS) is 4. The fraction of sp³-hybridized carbons (Fsp3) is 0.500. The van der Waals surface area contributed by atoms with E-state index in [-0.39, 0.29) is 0 Å². The Bertz CT molecular complexity index is 270. The van der Waals surface area contributed by atoms with E-state index in [4.69, 9.17) is 54.7 Å². The second-order valence-electron chi connectivity index (χ2n) is 2.46. The Morgan fingerprint density at radius 2 is 0.583 bits per heavy atom. The van der Waals surface area contributed by atoms with Crippen molar-refractivity contribution in [1.82, 2.24) is 0 Å². The minimum absolute atomic E-state index is 1.28. The average Bonchev–Trinajstić information content (AvgIpc) is 2.48. The van der Waals surface area contributed by atoms with Gasteiger partial charge in [-0.3, -0.25) is 0 Å². The zero-order valence-electron chi connectivity index (χ0n) is 11.7. The summed E-state index contributed by atoms with van der Waals surface area (Å²) < 4.78 is 42.1. The summed E-state index contributed by atoms with van der Waals surface area (Å²) in [5.74, 6) is -5.65. The first-order valence-corrected chi connectivity index (χ1v) is 4.97. The molecule has 0 atom stereocenters. The molecule has 0 saturated heterocycles. The van der Waals surface area contributed by atoms with Gasteiger partial charge >= 0.3 is 31.2 Å². The Kier molecular flexibility index (Phi) is 39.7. The quantitative estimate of drug-likeness (QED) is 0.214. The molecule has 0 rings (SSSR count). The smallest absolute Gasteiger partial charge is 0.479 e. The maximum Gasteiger partial charge on any atom is 0.631 e. The number of hydrogen-bond acceptors (Lipinski definition) is 7. The summed E-state index contributed by atoms with van der Waals surface area (Å²) in [4.78, 5) is 36.0. The molecule has 0 amide bonds. The highest BCUT2D eigenvalue weighted by Crippen LogP contribution is 1.61. The molecule has 0 aliphatic carbocycles. The number of halogens is 4. The lowest BCUT2D eigenvalue weighted by atomic mass is 10.3. The van der Waals surface area contributed by atoms with Crippen molar-refractivity contribution < 1.29 is 72.2 Å². The summed E-state index contributed by atoms with van der Waals surface area (Å²) in [5.41, 5.74) is 0. The fourth-order valence-electron chi connectivity index (χ4n) is 0. The van der Waals surface area contributed by atoms with Crippen LogP contribution >= 0.6 is 0 Å². The van der Waals surface area contributed by atoms with Gasteiger partial charge in [0.2, 0.25) is 0 Å². The van der Waals surface area contributed by atoms with Crippen molar-refractivity contribution in [3.8, 4) is 0 Å². The van der Waals surface area contributed by atoms with E-state index < -0.39 is 57.9 Å². The van der Waals surface area contributed by atoms with Crippen molar-refractivity contribution in [2.24, 2.45) is 0 Å². The summed E-state index contributed by atoms with van der Waals surface area (Å²) in [6.45, 7) is -5.11. The van der Waals surface area contributed by atoms with Crippen LogP contribution in [0.2, 0.25) is 0 Å². The number of carboxylic acids is 4. The predicted octanol–water partition coefficient (Wildman–Crippen LogP) is -1.89. The molecule has 0 aromatic heterocycles. The van der Waals surface area contributed by atoms with E-state index in [2.05, 4.69) is 0 Å². The van der Waals surface area contributed by atoms with Gasteiger partial charge < -0.3 is 35.5 Å². The first kappa shape index (κ1) is 33.2. The van der Waals surface area contributed by atoms with Crippen LogP contribution in [-0.4, -0.2) is 93.4 Å². The topological polar surface area (TPSA) is 210 Å². The summed E-state index contributed by atoms with van der Waals surface area (Å²) in [6, 6.07) is 0. The van der Waals surface area contributed by atoms with E-state index >= 15 is 0 Å². The van der Waals surface area contributed by atoms with E-state index in [1.165, 1.54) is 0 Å². The number of alkyl halides is 4. The van der Waals surface area contributed by atoms with Crippen LogP contribution in [0.4, 0.5) is 17.6 Å². The monoisotopic (exact) mass is 374 g/mol. The molecular weight excluding hydrogens is 359 g/mol. The largest absolute Gasteiger partial charge is 0.631 e. The SMILES string of the molecule is O=C(O)CF.O=C(O)CF.O=C(O)CF.O=C(O)CF.OB(O)O. The van der Waals surface area contributed by atoms with Crippen molar-refractivity contribution in [3.63, 3.8) is 0 Å². The lowest BCUT2D eigenvalue weighted by Crippen LogP contribution is -2.07. The third-order valence-electron chi connectivity index (χ3n) is 0.457. The molecule has 0 saturated carbocycles. The number of hydrogen-bond donors (Lipinski definition) is 7. The molecule has 0 heterocycles. The lowest BCUT2D eigenvalue weighted by molar-refractivity contribution is -0.138. The van der Waals surface area contributed by atoms with Crippen molar-refractivity contribution in [2.45, 2.75) is 0 Å². The zero-order valence-corrected chi connectivity index (χ0v) is 11.7. The lowest BCUT2D eigenvalue weighted by Gasteiger charge is -1.69. The van der Waals surface area contributed by atoms with E-state index in [0.29, 0.717) is 0 Å². The Labute approximate surface area is 131 Å². The van der Waals surface area contributed by atoms with Gasteiger partial charge in [-0.15, -0.1) is 0 Å². The van der Waals surface area contributed by atoms with Crippen molar-refractivity contribution in [3.05, 3.63) is 0 Å². The van der Waals surface area contributed by atoms with Gasteiger partial charge in [0.25, 0.3) is 0 Å². The molecule has 16 heteroatoms. The third kappa shape index (κ3) is 219. The fourth-order valence-corrected chi connectivity index (χ4v) is 0. The van der Waals surface area contributed by atoms with Crippen LogP contribution in [-0.2, 0) is 19.2 Å². The van der Waals surface area contributed by atoms with Crippen molar-refractivity contribution >= 4 is 31.2 Å². The van der Waals surface area contributed by atoms with Gasteiger partial charge in [-0.05, 0) is 0 Å². The van der Waals surface area contributed by atoms with Crippen LogP contribution in [0.3, 0.4) is 0 Å². The highest BCUT2D eigenvalue weighted by atomic mass is 19.1. The molecule has 0 radical (unpaired) electrons. The predicted molar refractivity (Wildman–Crippen MR) is 66.9 cm³/mol.